The van der Waals surface area contributed by atoms with Crippen LogP contribution in [0.4, 0.5) is 5.95 Å². The molecule has 7 nitrogen and oxygen atoms in total. The molecule has 4 aromatic rings. The second kappa shape index (κ2) is 8.44. The molecule has 1 unspecified atom stereocenters. The third-order valence-corrected chi connectivity index (χ3v) is 6.33. The molecule has 1 aliphatic rings. The average Bonchev–Trinajstić information content (AvgIpc) is 3.25. The number of hydrogen-bond donors (Lipinski definition) is 1. The van der Waals surface area contributed by atoms with Gasteiger partial charge in [-0.15, -0.1) is 5.10 Å². The zero-order chi connectivity index (χ0) is 22.2. The Morgan fingerprint density at radius 1 is 1.09 bits per heavy atom. The van der Waals surface area contributed by atoms with Gasteiger partial charge in [0, 0.05) is 29.6 Å². The molecule has 0 radical (unpaired) electrons. The van der Waals surface area contributed by atoms with Crippen molar-refractivity contribution in [2.45, 2.75) is 33.1 Å². The molecule has 0 saturated carbocycles. The van der Waals surface area contributed by atoms with E-state index in [2.05, 4.69) is 34.2 Å². The summed E-state index contributed by atoms with van der Waals surface area (Å²) in [5, 5.41) is 11.8. The van der Waals surface area contributed by atoms with E-state index in [1.807, 2.05) is 41.8 Å². The molecule has 164 valence electrons. The van der Waals surface area contributed by atoms with Crippen molar-refractivity contribution in [2.75, 3.05) is 18.0 Å². The van der Waals surface area contributed by atoms with Crippen molar-refractivity contribution in [1.82, 2.24) is 19.6 Å². The van der Waals surface area contributed by atoms with E-state index >= 15 is 0 Å². The number of anilines is 1. The summed E-state index contributed by atoms with van der Waals surface area (Å²) >= 11 is 0. The van der Waals surface area contributed by atoms with Gasteiger partial charge < -0.3 is 4.90 Å². The third-order valence-electron chi connectivity index (χ3n) is 5.82. The Morgan fingerprint density at radius 3 is 2.56 bits per heavy atom. The number of aromatic nitrogens is 4. The average molecular weight is 446 g/mol. The first kappa shape index (κ1) is 20.8. The molecule has 0 aliphatic carbocycles. The Hall–Kier alpha value is -3.10. The molecule has 5 rings (SSSR count). The van der Waals surface area contributed by atoms with E-state index in [0.717, 1.165) is 70.8 Å². The Balaban J connectivity index is 1.84. The molecule has 2 aromatic carbocycles. The molecule has 8 heteroatoms. The van der Waals surface area contributed by atoms with Crippen LogP contribution in [-0.2, 0) is 0 Å². The predicted molar refractivity (Wildman–Crippen MR) is 136 cm³/mol. The summed E-state index contributed by atoms with van der Waals surface area (Å²) in [5.41, 5.74) is 5.60. The summed E-state index contributed by atoms with van der Waals surface area (Å²) in [7, 11) is -0.787. The van der Waals surface area contributed by atoms with Crippen molar-refractivity contribution in [3.8, 4) is 11.4 Å². The van der Waals surface area contributed by atoms with E-state index in [4.69, 9.17) is 20.2 Å². The topological polar surface area (TPSA) is 84.7 Å². The highest BCUT2D eigenvalue weighted by Crippen LogP contribution is 2.30. The van der Waals surface area contributed by atoms with Crippen LogP contribution in [0, 0.1) is 6.92 Å². The highest BCUT2D eigenvalue weighted by Gasteiger charge is 2.22. The molecule has 1 atom stereocenters. The molecular formula is C24H27N7S. The number of fused-ring (bicyclic) bond motifs is 3. The molecule has 1 fully saturated rings. The van der Waals surface area contributed by atoms with Gasteiger partial charge >= 0.3 is 0 Å². The Bertz CT molecular complexity index is 1350. The Morgan fingerprint density at radius 2 is 1.84 bits per heavy atom. The SMILES string of the molecule is C=S(N)/N=C(/C)c1cc(C)cc2c1nc(N1CCCCC1)n1nc(-c3ccccc3)nc21. The maximum absolute atomic E-state index is 5.89. The number of aryl methyl sites for hydroxylation is 1. The van der Waals surface area contributed by atoms with Crippen molar-refractivity contribution in [2.24, 2.45) is 9.54 Å². The predicted octanol–water partition coefficient (Wildman–Crippen LogP) is 4.54. The fourth-order valence-electron chi connectivity index (χ4n) is 4.35. The van der Waals surface area contributed by atoms with E-state index in [9.17, 15) is 0 Å². The van der Waals surface area contributed by atoms with Crippen molar-refractivity contribution in [1.29, 1.82) is 0 Å². The van der Waals surface area contributed by atoms with E-state index in [1.54, 1.807) is 0 Å². The second-order valence-electron chi connectivity index (χ2n) is 8.28. The van der Waals surface area contributed by atoms with Crippen LogP contribution in [0.5, 0.6) is 0 Å². The van der Waals surface area contributed by atoms with Gasteiger partial charge in [-0.25, -0.2) is 14.4 Å². The van der Waals surface area contributed by atoms with Crippen molar-refractivity contribution >= 4 is 44.9 Å². The van der Waals surface area contributed by atoms with E-state index in [-0.39, 0.29) is 0 Å². The summed E-state index contributed by atoms with van der Waals surface area (Å²) in [4.78, 5) is 12.5. The molecule has 1 saturated heterocycles. The lowest BCUT2D eigenvalue weighted by molar-refractivity contribution is 0.563. The highest BCUT2D eigenvalue weighted by atomic mass is 32.2. The maximum Gasteiger partial charge on any atom is 0.229 e. The minimum atomic E-state index is -0.787. The van der Waals surface area contributed by atoms with Crippen LogP contribution in [-0.4, -0.2) is 44.3 Å². The third kappa shape index (κ3) is 3.80. The second-order valence-corrected chi connectivity index (χ2v) is 9.27. The minimum Gasteiger partial charge on any atom is -0.341 e. The Kier molecular flexibility index (Phi) is 5.48. The first-order chi connectivity index (χ1) is 15.5. The van der Waals surface area contributed by atoms with Gasteiger partial charge in [-0.2, -0.15) is 4.52 Å². The monoisotopic (exact) mass is 445 g/mol. The van der Waals surface area contributed by atoms with Crippen molar-refractivity contribution in [3.05, 3.63) is 53.6 Å². The summed E-state index contributed by atoms with van der Waals surface area (Å²) in [5.74, 6) is 5.38. The van der Waals surface area contributed by atoms with Crippen molar-refractivity contribution < 1.29 is 0 Å². The van der Waals surface area contributed by atoms with Gasteiger partial charge in [0.1, 0.15) is 0 Å². The molecule has 0 amide bonds. The number of hydrogen-bond acceptors (Lipinski definition) is 6. The van der Waals surface area contributed by atoms with Gasteiger partial charge in [-0.3, -0.25) is 5.14 Å². The number of piperidine rings is 1. The van der Waals surface area contributed by atoms with Crippen LogP contribution >= 0.6 is 10.9 Å². The van der Waals surface area contributed by atoms with E-state index in [0.29, 0.717) is 5.82 Å². The number of rotatable bonds is 4. The lowest BCUT2D eigenvalue weighted by Gasteiger charge is -2.28. The molecule has 1 aliphatic heterocycles. The first-order valence-electron chi connectivity index (χ1n) is 10.9. The number of benzene rings is 2. The van der Waals surface area contributed by atoms with Gasteiger partial charge in [-0.05, 0) is 67.5 Å². The fraction of sp³-hybridized carbons (Fsp3) is 0.292. The van der Waals surface area contributed by atoms with Crippen LogP contribution in [0.25, 0.3) is 27.9 Å². The van der Waals surface area contributed by atoms with Crippen LogP contribution in [0.3, 0.4) is 0 Å². The summed E-state index contributed by atoms with van der Waals surface area (Å²) in [6, 6.07) is 14.3. The number of nitrogens with zero attached hydrogens (tertiary/aromatic N) is 6. The fourth-order valence-corrected chi connectivity index (χ4v) is 4.80. The smallest absolute Gasteiger partial charge is 0.229 e. The Labute approximate surface area is 190 Å². The quantitative estimate of drug-likeness (QED) is 0.368. The summed E-state index contributed by atoms with van der Waals surface area (Å²) in [6.07, 6.45) is 3.55. The van der Waals surface area contributed by atoms with Gasteiger partial charge in [0.05, 0.1) is 11.2 Å². The first-order valence-corrected chi connectivity index (χ1v) is 12.3. The summed E-state index contributed by atoms with van der Waals surface area (Å²) in [6.45, 7) is 5.98. The molecule has 32 heavy (non-hydrogen) atoms. The van der Waals surface area contributed by atoms with Crippen LogP contribution in [0.2, 0.25) is 0 Å². The lowest BCUT2D eigenvalue weighted by atomic mass is 10.0. The van der Waals surface area contributed by atoms with Gasteiger partial charge in [-0.1, -0.05) is 30.3 Å². The zero-order valence-corrected chi connectivity index (χ0v) is 19.3. The molecular weight excluding hydrogens is 418 g/mol. The minimum absolute atomic E-state index is 0.702. The van der Waals surface area contributed by atoms with Crippen LogP contribution < -0.4 is 10.0 Å². The molecule has 3 heterocycles. The van der Waals surface area contributed by atoms with Gasteiger partial charge in [0.2, 0.25) is 5.95 Å². The highest BCUT2D eigenvalue weighted by molar-refractivity contribution is 8.11. The van der Waals surface area contributed by atoms with E-state index < -0.39 is 10.9 Å². The van der Waals surface area contributed by atoms with Gasteiger partial charge in [0.15, 0.2) is 11.5 Å². The molecule has 2 aromatic heterocycles. The van der Waals surface area contributed by atoms with Gasteiger partial charge in [0.25, 0.3) is 0 Å². The molecule has 0 bridgehead atoms. The number of nitrogens with two attached hydrogens (primary N) is 1. The normalized spacial score (nSPS) is 16.1. The zero-order valence-electron chi connectivity index (χ0n) is 18.5. The standard InChI is InChI=1S/C24H27N7S/c1-16-14-19(17(2)29-32(3)25)21-20(15-16)23-27-22(18-10-6-4-7-11-18)28-31(23)24(26-21)30-12-8-5-9-13-30/h4,6-7,10-11,14-15H,3,5,8-9,12-13,25H2,1-2H3/b29-17-. The maximum atomic E-state index is 5.89. The van der Waals surface area contributed by atoms with Crippen LogP contribution in [0.1, 0.15) is 37.3 Å². The summed E-state index contributed by atoms with van der Waals surface area (Å²) < 4.78 is 6.45. The molecule has 2 N–H and O–H groups in total. The lowest BCUT2D eigenvalue weighted by Crippen LogP contribution is -2.32. The molecule has 0 spiro atoms. The van der Waals surface area contributed by atoms with Crippen molar-refractivity contribution in [3.63, 3.8) is 0 Å². The van der Waals surface area contributed by atoms with E-state index in [1.165, 1.54) is 6.42 Å². The largest absolute Gasteiger partial charge is 0.341 e. The van der Waals surface area contributed by atoms with Crippen LogP contribution in [0.15, 0.2) is 46.9 Å².